The smallest absolute Gasteiger partial charge is 0.418 e. The Hall–Kier alpha value is -2.44. The summed E-state index contributed by atoms with van der Waals surface area (Å²) in [6, 6.07) is 3.80. The summed E-state index contributed by atoms with van der Waals surface area (Å²) in [5.74, 6) is -1.72. The maximum absolute atomic E-state index is 15.0. The van der Waals surface area contributed by atoms with E-state index in [1.54, 1.807) is 0 Å². The zero-order chi connectivity index (χ0) is 27.4. The van der Waals surface area contributed by atoms with Crippen LogP contribution in [-0.2, 0) is 22.7 Å². The second-order valence-electron chi connectivity index (χ2n) is 10.3. The molecule has 13 heteroatoms. The molecular formula is C25H26ClF4N3O4S. The number of carbonyl (C=O) groups is 1. The summed E-state index contributed by atoms with van der Waals surface area (Å²) in [6.07, 6.45) is 1.57. The number of alkyl halides is 3. The Morgan fingerprint density at radius 3 is 2.39 bits per heavy atom. The van der Waals surface area contributed by atoms with E-state index in [2.05, 4.69) is 9.88 Å². The first-order chi connectivity index (χ1) is 17.8. The molecule has 0 spiro atoms. The Balaban J connectivity index is 1.31. The van der Waals surface area contributed by atoms with Gasteiger partial charge < -0.3 is 4.74 Å². The first kappa shape index (κ1) is 27.1. The Kier molecular flexibility index (Phi) is 7.10. The van der Waals surface area contributed by atoms with Crippen molar-refractivity contribution in [2.75, 3.05) is 6.26 Å². The van der Waals surface area contributed by atoms with Gasteiger partial charge >= 0.3 is 6.18 Å². The Morgan fingerprint density at radius 1 is 1.16 bits per heavy atom. The van der Waals surface area contributed by atoms with Crippen LogP contribution in [0.2, 0.25) is 5.02 Å². The predicted octanol–water partition coefficient (Wildman–Crippen LogP) is 5.03. The molecule has 38 heavy (non-hydrogen) atoms. The number of hydrogen-bond acceptors (Lipinski definition) is 6. The van der Waals surface area contributed by atoms with E-state index >= 15 is 0 Å². The second kappa shape index (κ2) is 9.95. The van der Waals surface area contributed by atoms with Crippen molar-refractivity contribution in [2.45, 2.75) is 75.4 Å². The van der Waals surface area contributed by atoms with E-state index < -0.39 is 38.5 Å². The SMILES string of the molecule is CS(=O)(=O)NC(=O)c1cc(C2CC2)c(CN2[C@@H]3CC[C@H]2C[C@@H](Oc2cc(C(F)(F)F)c(Cl)cn2)C3)cc1F. The number of amides is 1. The number of sulfonamides is 1. The van der Waals surface area contributed by atoms with Crippen LogP contribution < -0.4 is 9.46 Å². The summed E-state index contributed by atoms with van der Waals surface area (Å²) in [6.45, 7) is 0.455. The number of benzene rings is 1. The van der Waals surface area contributed by atoms with Gasteiger partial charge in [-0.25, -0.2) is 22.5 Å². The van der Waals surface area contributed by atoms with Gasteiger partial charge in [0, 0.05) is 24.7 Å². The molecule has 1 amide bonds. The molecule has 2 aliphatic heterocycles. The number of carbonyl (C=O) groups excluding carboxylic acids is 1. The van der Waals surface area contributed by atoms with E-state index in [1.807, 2.05) is 4.72 Å². The van der Waals surface area contributed by atoms with Gasteiger partial charge in [0.15, 0.2) is 0 Å². The molecule has 7 nitrogen and oxygen atoms in total. The van der Waals surface area contributed by atoms with Gasteiger partial charge in [-0.2, -0.15) is 13.2 Å². The first-order valence-electron chi connectivity index (χ1n) is 12.3. The number of halogens is 5. The van der Waals surface area contributed by atoms with Gasteiger partial charge in [-0.1, -0.05) is 11.6 Å². The summed E-state index contributed by atoms with van der Waals surface area (Å²) in [5, 5.41) is -0.488. The molecule has 0 unspecified atom stereocenters. The Labute approximate surface area is 222 Å². The topological polar surface area (TPSA) is 88.6 Å². The molecule has 2 aromatic rings. The van der Waals surface area contributed by atoms with E-state index in [0.717, 1.165) is 55.3 Å². The molecule has 3 fully saturated rings. The maximum atomic E-state index is 15.0. The average molecular weight is 576 g/mol. The van der Waals surface area contributed by atoms with Crippen LogP contribution in [-0.4, -0.2) is 48.7 Å². The molecule has 3 heterocycles. The fraction of sp³-hybridized carbons (Fsp3) is 0.520. The van der Waals surface area contributed by atoms with Gasteiger partial charge in [0.05, 0.1) is 28.6 Å². The van der Waals surface area contributed by atoms with Gasteiger partial charge in [-0.15, -0.1) is 0 Å². The number of pyridine rings is 1. The number of nitrogens with zero attached hydrogens (tertiary/aromatic N) is 2. The van der Waals surface area contributed by atoms with Crippen molar-refractivity contribution in [2.24, 2.45) is 0 Å². The van der Waals surface area contributed by atoms with Crippen LogP contribution in [0.15, 0.2) is 24.4 Å². The standard InChI is InChI=1S/C25H26ClF4N3O4S/c1-38(35,36)32-24(34)19-9-18(13-2-3-13)14(6-22(19)27)12-33-15-4-5-16(33)8-17(7-15)37-23-10-20(25(28,29)30)21(26)11-31-23/h6,9-11,13,15-17H,2-5,7-8,12H2,1H3,(H,32,34)/t15-,16+,17+. The van der Waals surface area contributed by atoms with E-state index in [-0.39, 0.29) is 35.5 Å². The molecule has 2 bridgehead atoms. The van der Waals surface area contributed by atoms with Gasteiger partial charge in [0.2, 0.25) is 15.9 Å². The average Bonchev–Trinajstić information content (AvgIpc) is 3.60. The fourth-order valence-electron chi connectivity index (χ4n) is 5.59. The van der Waals surface area contributed by atoms with E-state index in [9.17, 15) is 30.8 Å². The summed E-state index contributed by atoms with van der Waals surface area (Å²) in [5.41, 5.74) is 0.303. The fourth-order valence-corrected chi connectivity index (χ4v) is 6.24. The number of piperidine rings is 1. The van der Waals surface area contributed by atoms with Crippen molar-refractivity contribution in [3.8, 4) is 5.88 Å². The van der Waals surface area contributed by atoms with E-state index in [1.165, 1.54) is 12.1 Å². The van der Waals surface area contributed by atoms with Crippen molar-refractivity contribution in [1.29, 1.82) is 0 Å². The van der Waals surface area contributed by atoms with E-state index in [0.29, 0.717) is 19.4 Å². The monoisotopic (exact) mass is 575 g/mol. The van der Waals surface area contributed by atoms with Crippen LogP contribution in [0.4, 0.5) is 17.6 Å². The molecule has 1 saturated carbocycles. The molecule has 1 N–H and O–H groups in total. The molecule has 1 aromatic heterocycles. The summed E-state index contributed by atoms with van der Waals surface area (Å²) in [4.78, 5) is 18.5. The van der Waals surface area contributed by atoms with Gasteiger partial charge in [0.1, 0.15) is 11.9 Å². The number of hydrogen-bond donors (Lipinski definition) is 1. The minimum Gasteiger partial charge on any atom is -0.474 e. The van der Waals surface area contributed by atoms with Crippen LogP contribution in [0.1, 0.15) is 71.5 Å². The summed E-state index contributed by atoms with van der Waals surface area (Å²) < 4.78 is 85.2. The molecule has 3 atom stereocenters. The molecule has 206 valence electrons. The maximum Gasteiger partial charge on any atom is 0.418 e. The van der Waals surface area contributed by atoms with Crippen LogP contribution in [0.25, 0.3) is 0 Å². The minimum absolute atomic E-state index is 0.0939. The Morgan fingerprint density at radius 2 is 1.82 bits per heavy atom. The summed E-state index contributed by atoms with van der Waals surface area (Å²) >= 11 is 5.66. The highest BCUT2D eigenvalue weighted by Gasteiger charge is 2.43. The van der Waals surface area contributed by atoms with Gasteiger partial charge in [-0.05, 0) is 67.7 Å². The number of nitrogens with one attached hydrogen (secondary N) is 1. The summed E-state index contributed by atoms with van der Waals surface area (Å²) in [7, 11) is -3.84. The van der Waals surface area contributed by atoms with E-state index in [4.69, 9.17) is 16.3 Å². The van der Waals surface area contributed by atoms with Crippen molar-refractivity contribution >= 4 is 27.5 Å². The molecule has 0 radical (unpaired) electrons. The van der Waals surface area contributed by atoms with Crippen molar-refractivity contribution in [1.82, 2.24) is 14.6 Å². The van der Waals surface area contributed by atoms with Crippen molar-refractivity contribution in [3.05, 3.63) is 57.5 Å². The highest BCUT2D eigenvalue weighted by molar-refractivity contribution is 7.89. The number of fused-ring (bicyclic) bond motifs is 2. The largest absolute Gasteiger partial charge is 0.474 e. The quantitative estimate of drug-likeness (QED) is 0.466. The molecule has 1 aromatic carbocycles. The highest BCUT2D eigenvalue weighted by atomic mass is 35.5. The lowest BCUT2D eigenvalue weighted by Crippen LogP contribution is -2.46. The van der Waals surface area contributed by atoms with Gasteiger partial charge in [0.25, 0.3) is 5.91 Å². The van der Waals surface area contributed by atoms with Crippen LogP contribution >= 0.6 is 11.6 Å². The number of rotatable bonds is 7. The first-order valence-corrected chi connectivity index (χ1v) is 14.5. The number of ether oxygens (including phenoxy) is 1. The highest BCUT2D eigenvalue weighted by Crippen LogP contribution is 2.45. The molecule has 3 aliphatic rings. The third-order valence-electron chi connectivity index (χ3n) is 7.39. The molecule has 2 saturated heterocycles. The lowest BCUT2D eigenvalue weighted by Gasteiger charge is -2.39. The lowest BCUT2D eigenvalue weighted by molar-refractivity contribution is -0.137. The third-order valence-corrected chi connectivity index (χ3v) is 8.24. The van der Waals surface area contributed by atoms with Crippen molar-refractivity contribution in [3.63, 3.8) is 0 Å². The molecule has 5 rings (SSSR count). The zero-order valence-electron chi connectivity index (χ0n) is 20.4. The normalized spacial score (nSPS) is 23.9. The minimum atomic E-state index is -4.61. The Bertz CT molecular complexity index is 1350. The lowest BCUT2D eigenvalue weighted by atomic mass is 9.95. The zero-order valence-corrected chi connectivity index (χ0v) is 22.0. The van der Waals surface area contributed by atoms with Gasteiger partial charge in [-0.3, -0.25) is 9.69 Å². The number of aromatic nitrogens is 1. The second-order valence-corrected chi connectivity index (χ2v) is 12.4. The van der Waals surface area contributed by atoms with Crippen LogP contribution in [0.5, 0.6) is 5.88 Å². The van der Waals surface area contributed by atoms with Crippen LogP contribution in [0, 0.1) is 5.82 Å². The predicted molar refractivity (Wildman–Crippen MR) is 131 cm³/mol. The molecule has 1 aliphatic carbocycles. The molecular weight excluding hydrogens is 550 g/mol. The van der Waals surface area contributed by atoms with Crippen LogP contribution in [0.3, 0.4) is 0 Å². The van der Waals surface area contributed by atoms with Crippen molar-refractivity contribution < 1.29 is 35.5 Å². The third kappa shape index (κ3) is 5.91.